The van der Waals surface area contributed by atoms with Crippen molar-refractivity contribution in [3.8, 4) is 5.69 Å². The number of para-hydroxylation sites is 2. The molecule has 0 aliphatic rings. The van der Waals surface area contributed by atoms with Crippen LogP contribution in [-0.2, 0) is 4.79 Å². The number of nitrogens with one attached hydrogen (secondary N) is 2. The van der Waals surface area contributed by atoms with E-state index in [2.05, 4.69) is 16.0 Å². The van der Waals surface area contributed by atoms with E-state index >= 15 is 0 Å². The number of halogens is 1. The fourth-order valence-corrected chi connectivity index (χ4v) is 3.54. The van der Waals surface area contributed by atoms with Crippen molar-refractivity contribution >= 4 is 40.5 Å². The van der Waals surface area contributed by atoms with Crippen LogP contribution in [0.1, 0.15) is 27.4 Å². The van der Waals surface area contributed by atoms with Crippen LogP contribution in [0.25, 0.3) is 22.7 Å². The molecular formula is C23H19ClN4O3. The molecule has 0 aliphatic heterocycles. The van der Waals surface area contributed by atoms with E-state index in [0.29, 0.717) is 27.6 Å². The van der Waals surface area contributed by atoms with Gasteiger partial charge in [-0.05, 0) is 38.1 Å². The van der Waals surface area contributed by atoms with Crippen LogP contribution in [0, 0.1) is 13.8 Å². The number of aromatic nitrogens is 2. The smallest absolute Gasteiger partial charge is 0.305 e. The third-order valence-corrected chi connectivity index (χ3v) is 5.16. The molecule has 4 rings (SSSR count). The van der Waals surface area contributed by atoms with E-state index in [1.807, 2.05) is 48.5 Å². The maximum atomic E-state index is 12.4. The highest BCUT2D eigenvalue weighted by Gasteiger charge is 2.18. The average molecular weight is 435 g/mol. The number of hydrogen-bond donors (Lipinski definition) is 2. The number of rotatable bonds is 4. The van der Waals surface area contributed by atoms with Gasteiger partial charge in [-0.2, -0.15) is 5.10 Å². The van der Waals surface area contributed by atoms with Gasteiger partial charge >= 0.3 is 5.91 Å². The third kappa shape index (κ3) is 4.08. The molecule has 0 saturated carbocycles. The van der Waals surface area contributed by atoms with Gasteiger partial charge in [0, 0.05) is 22.6 Å². The first-order valence-electron chi connectivity index (χ1n) is 9.53. The van der Waals surface area contributed by atoms with Gasteiger partial charge in [-0.3, -0.25) is 20.4 Å². The normalized spacial score (nSPS) is 11.2. The lowest BCUT2D eigenvalue weighted by molar-refractivity contribution is -0.117. The molecule has 2 heterocycles. The number of nitrogens with zero attached hydrogens (tertiary/aromatic N) is 2. The monoisotopic (exact) mass is 434 g/mol. The second-order valence-electron chi connectivity index (χ2n) is 6.87. The zero-order valence-electron chi connectivity index (χ0n) is 16.8. The molecule has 0 fully saturated rings. The number of benzene rings is 2. The van der Waals surface area contributed by atoms with Crippen LogP contribution in [0.15, 0.2) is 65.1 Å². The third-order valence-electron chi connectivity index (χ3n) is 4.80. The lowest BCUT2D eigenvalue weighted by atomic mass is 10.1. The van der Waals surface area contributed by atoms with E-state index in [1.165, 1.54) is 6.08 Å². The molecule has 2 amide bonds. The first-order chi connectivity index (χ1) is 15.0. The zero-order valence-corrected chi connectivity index (χ0v) is 17.6. The Balaban J connectivity index is 1.44. The van der Waals surface area contributed by atoms with Gasteiger partial charge in [0.25, 0.3) is 5.91 Å². The van der Waals surface area contributed by atoms with Crippen molar-refractivity contribution in [2.75, 3.05) is 0 Å². The molecule has 2 aromatic carbocycles. The topological polar surface area (TPSA) is 89.2 Å². The molecule has 0 saturated heterocycles. The number of fused-ring (bicyclic) bond motifs is 1. The van der Waals surface area contributed by atoms with Gasteiger partial charge in [-0.25, -0.2) is 4.68 Å². The van der Waals surface area contributed by atoms with E-state index < -0.39 is 11.8 Å². The molecule has 156 valence electrons. The van der Waals surface area contributed by atoms with Crippen LogP contribution in [-0.4, -0.2) is 21.6 Å². The number of aryl methyl sites for hydroxylation is 2. The molecule has 0 radical (unpaired) electrons. The summed E-state index contributed by atoms with van der Waals surface area (Å²) in [5.74, 6) is -0.917. The van der Waals surface area contributed by atoms with E-state index in [1.54, 1.807) is 30.7 Å². The number of carbonyl (C=O) groups excluding carboxylic acids is 2. The molecule has 0 atom stereocenters. The molecule has 0 unspecified atom stereocenters. The number of carbonyl (C=O) groups is 2. The SMILES string of the molecule is Cc1nn(-c2ccccc2)c(Cl)c1/C=C/C(=O)NNC(=O)c1oc2ccccc2c1C. The van der Waals surface area contributed by atoms with Gasteiger partial charge in [-0.1, -0.05) is 48.0 Å². The Bertz CT molecular complexity index is 1310. The summed E-state index contributed by atoms with van der Waals surface area (Å²) in [6.07, 6.45) is 2.83. The largest absolute Gasteiger partial charge is 0.451 e. The summed E-state index contributed by atoms with van der Waals surface area (Å²) in [7, 11) is 0. The first kappa shape index (κ1) is 20.4. The van der Waals surface area contributed by atoms with Crippen LogP contribution < -0.4 is 10.9 Å². The minimum absolute atomic E-state index is 0.147. The number of furan rings is 1. The Morgan fingerprint density at radius 2 is 1.74 bits per heavy atom. The summed E-state index contributed by atoms with van der Waals surface area (Å²) in [5.41, 5.74) is 8.11. The van der Waals surface area contributed by atoms with Crippen molar-refractivity contribution in [3.05, 3.63) is 88.4 Å². The van der Waals surface area contributed by atoms with Gasteiger partial charge < -0.3 is 4.42 Å². The summed E-state index contributed by atoms with van der Waals surface area (Å²) in [5, 5.41) is 5.65. The molecular weight excluding hydrogens is 416 g/mol. The fraction of sp³-hybridized carbons (Fsp3) is 0.0870. The van der Waals surface area contributed by atoms with Crippen LogP contribution in [0.3, 0.4) is 0 Å². The van der Waals surface area contributed by atoms with Gasteiger partial charge in [0.2, 0.25) is 0 Å². The Labute approximate surface area is 183 Å². The minimum Gasteiger partial charge on any atom is -0.451 e. The summed E-state index contributed by atoms with van der Waals surface area (Å²) in [6.45, 7) is 3.59. The van der Waals surface area contributed by atoms with E-state index in [4.69, 9.17) is 16.0 Å². The predicted molar refractivity (Wildman–Crippen MR) is 119 cm³/mol. The molecule has 0 spiro atoms. The van der Waals surface area contributed by atoms with Crippen molar-refractivity contribution < 1.29 is 14.0 Å². The number of hydrogen-bond acceptors (Lipinski definition) is 4. The van der Waals surface area contributed by atoms with Gasteiger partial charge in [0.15, 0.2) is 5.76 Å². The highest BCUT2D eigenvalue weighted by atomic mass is 35.5. The van der Waals surface area contributed by atoms with E-state index in [9.17, 15) is 9.59 Å². The zero-order chi connectivity index (χ0) is 22.0. The van der Waals surface area contributed by atoms with Crippen molar-refractivity contribution in [2.24, 2.45) is 0 Å². The van der Waals surface area contributed by atoms with Crippen LogP contribution >= 0.6 is 11.6 Å². The maximum Gasteiger partial charge on any atom is 0.305 e. The maximum absolute atomic E-state index is 12.4. The van der Waals surface area contributed by atoms with Gasteiger partial charge in [0.05, 0.1) is 11.4 Å². The lowest BCUT2D eigenvalue weighted by Gasteiger charge is -2.04. The second-order valence-corrected chi connectivity index (χ2v) is 7.22. The van der Waals surface area contributed by atoms with E-state index in [-0.39, 0.29) is 5.76 Å². The standard InChI is InChI=1S/C23H19ClN4O3/c1-14-17-10-6-7-11-19(17)31-21(14)23(30)26-25-20(29)13-12-18-15(2)27-28(22(18)24)16-8-4-3-5-9-16/h3-13H,1-2H3,(H,25,29)(H,26,30)/b13-12+. The first-order valence-corrected chi connectivity index (χ1v) is 9.90. The number of hydrazine groups is 1. The van der Waals surface area contributed by atoms with E-state index in [0.717, 1.165) is 11.1 Å². The van der Waals surface area contributed by atoms with Crippen molar-refractivity contribution in [2.45, 2.75) is 13.8 Å². The quantitative estimate of drug-likeness (QED) is 0.369. The fourth-order valence-electron chi connectivity index (χ4n) is 3.21. The van der Waals surface area contributed by atoms with Crippen LogP contribution in [0.2, 0.25) is 5.15 Å². The summed E-state index contributed by atoms with van der Waals surface area (Å²) < 4.78 is 7.19. The number of amides is 2. The lowest BCUT2D eigenvalue weighted by Crippen LogP contribution is -2.40. The average Bonchev–Trinajstić information content (AvgIpc) is 3.27. The highest BCUT2D eigenvalue weighted by molar-refractivity contribution is 6.31. The molecule has 2 N–H and O–H groups in total. The summed E-state index contributed by atoms with van der Waals surface area (Å²) in [6, 6.07) is 16.8. The predicted octanol–water partition coefficient (Wildman–Crippen LogP) is 4.36. The Morgan fingerprint density at radius 1 is 1.03 bits per heavy atom. The Morgan fingerprint density at radius 3 is 2.48 bits per heavy atom. The van der Waals surface area contributed by atoms with Crippen LogP contribution in [0.4, 0.5) is 0 Å². The molecule has 0 aliphatic carbocycles. The van der Waals surface area contributed by atoms with Crippen molar-refractivity contribution in [1.82, 2.24) is 20.6 Å². The molecule has 4 aromatic rings. The molecule has 2 aromatic heterocycles. The molecule has 7 nitrogen and oxygen atoms in total. The summed E-state index contributed by atoms with van der Waals surface area (Å²) in [4.78, 5) is 24.6. The van der Waals surface area contributed by atoms with Crippen molar-refractivity contribution in [1.29, 1.82) is 0 Å². The Kier molecular flexibility index (Phi) is 5.60. The molecule has 31 heavy (non-hydrogen) atoms. The van der Waals surface area contributed by atoms with Crippen molar-refractivity contribution in [3.63, 3.8) is 0 Å². The Hall–Kier alpha value is -3.84. The van der Waals surface area contributed by atoms with Gasteiger partial charge in [0.1, 0.15) is 10.7 Å². The highest BCUT2D eigenvalue weighted by Crippen LogP contribution is 2.25. The minimum atomic E-state index is -0.540. The second kappa shape index (κ2) is 8.49. The van der Waals surface area contributed by atoms with Crippen LogP contribution in [0.5, 0.6) is 0 Å². The summed E-state index contributed by atoms with van der Waals surface area (Å²) >= 11 is 6.45. The molecule has 8 heteroatoms. The molecule has 0 bridgehead atoms. The van der Waals surface area contributed by atoms with Gasteiger partial charge in [-0.15, -0.1) is 0 Å².